The number of aliphatic hydroxyl groups is 1. The molecule has 14 heavy (non-hydrogen) atoms. The van der Waals surface area contributed by atoms with Crippen molar-refractivity contribution in [3.05, 3.63) is 29.8 Å². The van der Waals surface area contributed by atoms with Crippen molar-refractivity contribution in [3.8, 4) is 0 Å². The molecule has 1 aromatic rings. The lowest BCUT2D eigenvalue weighted by atomic mass is 10.1. The van der Waals surface area contributed by atoms with Gasteiger partial charge in [0.15, 0.2) is 0 Å². The monoisotopic (exact) mass is 195 g/mol. The van der Waals surface area contributed by atoms with Gasteiger partial charge in [0.2, 0.25) is 0 Å². The maximum atomic E-state index is 10.6. The molecule has 76 valence electrons. The van der Waals surface area contributed by atoms with Crippen LogP contribution in [0.1, 0.15) is 5.56 Å². The molecule has 4 heteroatoms. The van der Waals surface area contributed by atoms with Crippen molar-refractivity contribution in [2.45, 2.75) is 6.42 Å². The molecule has 0 spiro atoms. The van der Waals surface area contributed by atoms with E-state index < -0.39 is 6.09 Å². The predicted molar refractivity (Wildman–Crippen MR) is 53.7 cm³/mol. The van der Waals surface area contributed by atoms with Crippen molar-refractivity contribution in [1.82, 2.24) is 0 Å². The van der Waals surface area contributed by atoms with Gasteiger partial charge in [0.25, 0.3) is 0 Å². The first kappa shape index (κ1) is 10.5. The lowest BCUT2D eigenvalue weighted by molar-refractivity contribution is 0.203. The third-order valence-corrected chi connectivity index (χ3v) is 2.01. The smallest absolute Gasteiger partial charge is 0.411 e. The second-order valence-corrected chi connectivity index (χ2v) is 2.98. The Morgan fingerprint density at radius 3 is 2.36 bits per heavy atom. The van der Waals surface area contributed by atoms with Crippen molar-refractivity contribution in [2.75, 3.05) is 18.6 Å². The van der Waals surface area contributed by atoms with Crippen LogP contribution < -0.4 is 4.90 Å². The summed E-state index contributed by atoms with van der Waals surface area (Å²) in [5.41, 5.74) is 1.62. The maximum Gasteiger partial charge on any atom is 0.411 e. The van der Waals surface area contributed by atoms with Gasteiger partial charge in [0.1, 0.15) is 0 Å². The van der Waals surface area contributed by atoms with E-state index in [2.05, 4.69) is 0 Å². The van der Waals surface area contributed by atoms with E-state index in [1.165, 1.54) is 7.05 Å². The first-order valence-electron chi connectivity index (χ1n) is 4.31. The minimum absolute atomic E-state index is 0.105. The number of rotatable bonds is 3. The molecule has 4 nitrogen and oxygen atoms in total. The van der Waals surface area contributed by atoms with Crippen LogP contribution in [-0.4, -0.2) is 30.0 Å². The normalized spacial score (nSPS) is 9.86. The summed E-state index contributed by atoms with van der Waals surface area (Å²) in [4.78, 5) is 11.7. The van der Waals surface area contributed by atoms with Crippen LogP contribution in [0.3, 0.4) is 0 Å². The van der Waals surface area contributed by atoms with Crippen molar-refractivity contribution < 1.29 is 15.0 Å². The highest BCUT2D eigenvalue weighted by atomic mass is 16.4. The summed E-state index contributed by atoms with van der Waals surface area (Å²) in [7, 11) is 1.49. The van der Waals surface area contributed by atoms with E-state index in [1.807, 2.05) is 12.1 Å². The molecule has 1 amide bonds. The van der Waals surface area contributed by atoms with E-state index in [0.717, 1.165) is 10.5 Å². The quantitative estimate of drug-likeness (QED) is 0.765. The van der Waals surface area contributed by atoms with Gasteiger partial charge in [-0.3, -0.25) is 4.90 Å². The molecule has 0 atom stereocenters. The van der Waals surface area contributed by atoms with Gasteiger partial charge < -0.3 is 10.2 Å². The van der Waals surface area contributed by atoms with Crippen LogP contribution in [0.4, 0.5) is 10.5 Å². The summed E-state index contributed by atoms with van der Waals surface area (Å²) in [6.45, 7) is 0.105. The van der Waals surface area contributed by atoms with Crippen molar-refractivity contribution >= 4 is 11.8 Å². The van der Waals surface area contributed by atoms with E-state index in [0.29, 0.717) is 12.1 Å². The molecule has 0 heterocycles. The number of benzene rings is 1. The van der Waals surface area contributed by atoms with Gasteiger partial charge in [-0.2, -0.15) is 0 Å². The van der Waals surface area contributed by atoms with Crippen LogP contribution in [-0.2, 0) is 6.42 Å². The summed E-state index contributed by atoms with van der Waals surface area (Å²) in [5.74, 6) is 0. The standard InChI is InChI=1S/C10H13NO3/c1-11(10(13)14)9-4-2-8(3-5-9)6-7-12/h2-5,12H,6-7H2,1H3,(H,13,14). The van der Waals surface area contributed by atoms with Crippen molar-refractivity contribution in [1.29, 1.82) is 0 Å². The second kappa shape index (κ2) is 4.62. The zero-order valence-electron chi connectivity index (χ0n) is 7.97. The second-order valence-electron chi connectivity index (χ2n) is 2.98. The molecule has 0 aliphatic heterocycles. The highest BCUT2D eigenvalue weighted by Crippen LogP contribution is 2.13. The van der Waals surface area contributed by atoms with Crippen LogP contribution >= 0.6 is 0 Å². The van der Waals surface area contributed by atoms with Gasteiger partial charge in [-0.1, -0.05) is 12.1 Å². The molecule has 0 bridgehead atoms. The highest BCUT2D eigenvalue weighted by molar-refractivity contribution is 5.85. The Kier molecular flexibility index (Phi) is 3.48. The molecule has 0 aliphatic carbocycles. The van der Waals surface area contributed by atoms with Gasteiger partial charge in [-0.15, -0.1) is 0 Å². The van der Waals surface area contributed by atoms with Crippen LogP contribution in [0, 0.1) is 0 Å². The van der Waals surface area contributed by atoms with Gasteiger partial charge >= 0.3 is 6.09 Å². The molecule has 0 aromatic heterocycles. The third kappa shape index (κ3) is 2.47. The summed E-state index contributed by atoms with van der Waals surface area (Å²) in [5, 5.41) is 17.4. The van der Waals surface area contributed by atoms with Crippen molar-refractivity contribution in [2.24, 2.45) is 0 Å². The molecular weight excluding hydrogens is 182 g/mol. The molecular formula is C10H13NO3. The number of aliphatic hydroxyl groups excluding tert-OH is 1. The average molecular weight is 195 g/mol. The Hall–Kier alpha value is -1.55. The zero-order chi connectivity index (χ0) is 10.6. The topological polar surface area (TPSA) is 60.8 Å². The Bertz CT molecular complexity index is 308. The molecule has 0 aliphatic rings. The highest BCUT2D eigenvalue weighted by Gasteiger charge is 2.07. The Morgan fingerprint density at radius 1 is 1.36 bits per heavy atom. The SMILES string of the molecule is CN(C(=O)O)c1ccc(CCO)cc1. The van der Waals surface area contributed by atoms with E-state index in [-0.39, 0.29) is 6.61 Å². The van der Waals surface area contributed by atoms with Crippen LogP contribution in [0.2, 0.25) is 0 Å². The van der Waals surface area contributed by atoms with Crippen LogP contribution in [0.25, 0.3) is 0 Å². The number of carboxylic acid groups (broad SMARTS) is 1. The van der Waals surface area contributed by atoms with Gasteiger partial charge in [0.05, 0.1) is 0 Å². The van der Waals surface area contributed by atoms with Crippen molar-refractivity contribution in [3.63, 3.8) is 0 Å². The van der Waals surface area contributed by atoms with E-state index in [1.54, 1.807) is 12.1 Å². The molecule has 0 saturated carbocycles. The number of hydrogen-bond donors (Lipinski definition) is 2. The minimum Gasteiger partial charge on any atom is -0.465 e. The number of nitrogens with zero attached hydrogens (tertiary/aromatic N) is 1. The van der Waals surface area contributed by atoms with E-state index >= 15 is 0 Å². The molecule has 2 N–H and O–H groups in total. The number of carbonyl (C=O) groups is 1. The maximum absolute atomic E-state index is 10.6. The van der Waals surface area contributed by atoms with Gasteiger partial charge in [0, 0.05) is 19.3 Å². The Labute approximate surface area is 82.4 Å². The fraction of sp³-hybridized carbons (Fsp3) is 0.300. The Balaban J connectivity index is 2.77. The molecule has 1 rings (SSSR count). The summed E-state index contributed by atoms with van der Waals surface area (Å²) >= 11 is 0. The van der Waals surface area contributed by atoms with E-state index in [4.69, 9.17) is 10.2 Å². The molecule has 1 aromatic carbocycles. The van der Waals surface area contributed by atoms with Crippen LogP contribution in [0.5, 0.6) is 0 Å². The molecule has 0 unspecified atom stereocenters. The fourth-order valence-electron chi connectivity index (χ4n) is 1.13. The third-order valence-electron chi connectivity index (χ3n) is 2.01. The van der Waals surface area contributed by atoms with E-state index in [9.17, 15) is 4.79 Å². The Morgan fingerprint density at radius 2 is 1.93 bits per heavy atom. The number of anilines is 1. The average Bonchev–Trinajstić information content (AvgIpc) is 2.18. The number of amides is 1. The molecule has 0 radical (unpaired) electrons. The summed E-state index contributed by atoms with van der Waals surface area (Å²) < 4.78 is 0. The zero-order valence-corrected chi connectivity index (χ0v) is 7.97. The first-order valence-corrected chi connectivity index (χ1v) is 4.31. The largest absolute Gasteiger partial charge is 0.465 e. The molecule has 0 saturated heterocycles. The fourth-order valence-corrected chi connectivity index (χ4v) is 1.13. The lowest BCUT2D eigenvalue weighted by Gasteiger charge is -2.12. The number of hydrogen-bond acceptors (Lipinski definition) is 2. The summed E-state index contributed by atoms with van der Waals surface area (Å²) in [6, 6.07) is 7.06. The van der Waals surface area contributed by atoms with Crippen LogP contribution in [0.15, 0.2) is 24.3 Å². The molecule has 0 fully saturated rings. The summed E-state index contributed by atoms with van der Waals surface area (Å²) in [6.07, 6.45) is -0.392. The predicted octanol–water partition coefficient (Wildman–Crippen LogP) is 1.34. The first-order chi connectivity index (χ1) is 6.65. The van der Waals surface area contributed by atoms with Gasteiger partial charge in [-0.05, 0) is 24.1 Å². The minimum atomic E-state index is -0.986. The van der Waals surface area contributed by atoms with Gasteiger partial charge in [-0.25, -0.2) is 4.79 Å². The lowest BCUT2D eigenvalue weighted by Crippen LogP contribution is -2.23.